The number of hydrogen-bond donors (Lipinski definition) is 0. The Bertz CT molecular complexity index is 762. The molecule has 0 N–H and O–H groups in total. The van der Waals surface area contributed by atoms with Gasteiger partial charge in [-0.25, -0.2) is 4.79 Å². The minimum Gasteiger partial charge on any atom is -0.503 e. The van der Waals surface area contributed by atoms with Crippen molar-refractivity contribution in [3.05, 3.63) is 78.6 Å². The van der Waals surface area contributed by atoms with Crippen LogP contribution in [0.1, 0.15) is 11.1 Å². The number of esters is 1. The number of ether oxygens (including phenoxy) is 4. The molecular formula is C21H22O5. The van der Waals surface area contributed by atoms with Crippen LogP contribution in [-0.2, 0) is 20.9 Å². The Labute approximate surface area is 153 Å². The lowest BCUT2D eigenvalue weighted by Crippen LogP contribution is -2.08. The van der Waals surface area contributed by atoms with E-state index in [1.165, 1.54) is 20.5 Å². The van der Waals surface area contributed by atoms with Crippen molar-refractivity contribution in [2.75, 3.05) is 20.8 Å². The van der Waals surface area contributed by atoms with Crippen molar-refractivity contribution >= 4 is 11.5 Å². The summed E-state index contributed by atoms with van der Waals surface area (Å²) in [5.41, 5.74) is 1.88. The van der Waals surface area contributed by atoms with Crippen LogP contribution >= 0.6 is 0 Å². The van der Waals surface area contributed by atoms with Gasteiger partial charge < -0.3 is 18.9 Å². The van der Waals surface area contributed by atoms with E-state index in [9.17, 15) is 4.79 Å². The summed E-state index contributed by atoms with van der Waals surface area (Å²) in [4.78, 5) is 12.0. The van der Waals surface area contributed by atoms with E-state index in [0.29, 0.717) is 30.1 Å². The molecule has 2 rings (SSSR count). The Morgan fingerprint density at radius 1 is 1.00 bits per heavy atom. The Morgan fingerprint density at radius 2 is 1.65 bits per heavy atom. The quantitative estimate of drug-likeness (QED) is 0.295. The highest BCUT2D eigenvalue weighted by Gasteiger charge is 2.16. The van der Waals surface area contributed by atoms with Gasteiger partial charge in [0.2, 0.25) is 0 Å². The largest absolute Gasteiger partial charge is 0.503 e. The summed E-state index contributed by atoms with van der Waals surface area (Å²) in [7, 11) is 2.82. The molecule has 0 saturated heterocycles. The van der Waals surface area contributed by atoms with Crippen LogP contribution in [0.25, 0.3) is 5.57 Å². The molecule has 136 valence electrons. The second-order valence-corrected chi connectivity index (χ2v) is 5.28. The molecule has 0 amide bonds. The summed E-state index contributed by atoms with van der Waals surface area (Å²) < 4.78 is 21.1. The van der Waals surface area contributed by atoms with Gasteiger partial charge in [-0.2, -0.15) is 0 Å². The van der Waals surface area contributed by atoms with Gasteiger partial charge in [-0.15, -0.1) is 0 Å². The third-order valence-electron chi connectivity index (χ3n) is 3.53. The lowest BCUT2D eigenvalue weighted by Gasteiger charge is -2.13. The van der Waals surface area contributed by atoms with Gasteiger partial charge >= 0.3 is 5.97 Å². The fourth-order valence-electron chi connectivity index (χ4n) is 2.31. The van der Waals surface area contributed by atoms with Crippen LogP contribution in [0.3, 0.4) is 0 Å². The number of benzene rings is 2. The fraction of sp³-hybridized carbons (Fsp3) is 0.190. The molecule has 0 heterocycles. The Balaban J connectivity index is 2.14. The van der Waals surface area contributed by atoms with Crippen LogP contribution in [0.4, 0.5) is 0 Å². The minimum atomic E-state index is -0.469. The summed E-state index contributed by atoms with van der Waals surface area (Å²) in [5, 5.41) is 0. The normalized spacial score (nSPS) is 10.8. The monoisotopic (exact) mass is 354 g/mol. The summed E-state index contributed by atoms with van der Waals surface area (Å²) in [6.07, 6.45) is 3.06. The average Bonchev–Trinajstić information content (AvgIpc) is 2.69. The average molecular weight is 354 g/mol. The van der Waals surface area contributed by atoms with E-state index in [1.807, 2.05) is 48.5 Å². The van der Waals surface area contributed by atoms with Crippen LogP contribution in [-0.4, -0.2) is 26.8 Å². The molecule has 2 aromatic rings. The zero-order valence-electron chi connectivity index (χ0n) is 14.9. The maximum atomic E-state index is 12.0. The fourth-order valence-corrected chi connectivity index (χ4v) is 2.31. The first-order valence-corrected chi connectivity index (χ1v) is 8.05. The molecule has 5 nitrogen and oxygen atoms in total. The summed E-state index contributed by atoms with van der Waals surface area (Å²) in [5.74, 6) is 0.970. The highest BCUT2D eigenvalue weighted by atomic mass is 16.5. The Kier molecular flexibility index (Phi) is 7.31. The van der Waals surface area contributed by atoms with Crippen LogP contribution in [0.15, 0.2) is 67.4 Å². The molecule has 0 fully saturated rings. The topological polar surface area (TPSA) is 54.0 Å². The van der Waals surface area contributed by atoms with Crippen molar-refractivity contribution in [2.45, 2.75) is 6.61 Å². The molecule has 5 heteroatoms. The van der Waals surface area contributed by atoms with Crippen molar-refractivity contribution in [3.63, 3.8) is 0 Å². The van der Waals surface area contributed by atoms with Crippen molar-refractivity contribution < 1.29 is 23.7 Å². The molecule has 0 aliphatic rings. The van der Waals surface area contributed by atoms with Gasteiger partial charge in [0.15, 0.2) is 0 Å². The van der Waals surface area contributed by atoms with E-state index < -0.39 is 5.97 Å². The molecule has 0 radical (unpaired) electrons. The predicted molar refractivity (Wildman–Crippen MR) is 99.9 cm³/mol. The number of carbonyl (C=O) groups excluding carboxylic acids is 1. The summed E-state index contributed by atoms with van der Waals surface area (Å²) in [6, 6.07) is 14.8. The van der Waals surface area contributed by atoms with Crippen molar-refractivity contribution in [1.29, 1.82) is 0 Å². The standard InChI is InChI=1S/C21H22O5/c1-4-13-25-17-9-11-18(12-10-17)26-14-16-7-5-6-8-19(16)20(15-23-2)21(22)24-3/h4-12,15H,1,13-14H2,2-3H3/b20-15-. The molecular weight excluding hydrogens is 332 g/mol. The van der Waals surface area contributed by atoms with Crippen LogP contribution in [0.5, 0.6) is 11.5 Å². The maximum Gasteiger partial charge on any atom is 0.341 e. The van der Waals surface area contributed by atoms with E-state index in [2.05, 4.69) is 6.58 Å². The first-order valence-electron chi connectivity index (χ1n) is 8.05. The molecule has 0 atom stereocenters. The second kappa shape index (κ2) is 9.93. The van der Waals surface area contributed by atoms with Crippen LogP contribution in [0.2, 0.25) is 0 Å². The number of hydrogen-bond acceptors (Lipinski definition) is 5. The molecule has 2 aromatic carbocycles. The highest BCUT2D eigenvalue weighted by molar-refractivity contribution is 6.16. The van der Waals surface area contributed by atoms with Crippen molar-refractivity contribution in [3.8, 4) is 11.5 Å². The summed E-state index contributed by atoms with van der Waals surface area (Å²) in [6.45, 7) is 4.36. The van der Waals surface area contributed by atoms with Gasteiger partial charge in [0.05, 0.1) is 20.5 Å². The number of methoxy groups -OCH3 is 2. The van der Waals surface area contributed by atoms with Crippen LogP contribution in [0, 0.1) is 0 Å². The zero-order chi connectivity index (χ0) is 18.8. The highest BCUT2D eigenvalue weighted by Crippen LogP contribution is 2.23. The second-order valence-electron chi connectivity index (χ2n) is 5.28. The summed E-state index contributed by atoms with van der Waals surface area (Å²) >= 11 is 0. The Hall–Kier alpha value is -3.21. The zero-order valence-corrected chi connectivity index (χ0v) is 14.9. The van der Waals surface area contributed by atoms with Gasteiger partial charge in [0, 0.05) is 0 Å². The minimum absolute atomic E-state index is 0.293. The van der Waals surface area contributed by atoms with Gasteiger partial charge in [0.25, 0.3) is 0 Å². The smallest absolute Gasteiger partial charge is 0.341 e. The van der Waals surface area contributed by atoms with Crippen molar-refractivity contribution in [1.82, 2.24) is 0 Å². The maximum absolute atomic E-state index is 12.0. The lowest BCUT2D eigenvalue weighted by molar-refractivity contribution is -0.133. The van der Waals surface area contributed by atoms with Crippen LogP contribution < -0.4 is 9.47 Å². The molecule has 0 spiro atoms. The molecule has 0 aliphatic carbocycles. The Morgan fingerprint density at radius 3 is 2.27 bits per heavy atom. The van der Waals surface area contributed by atoms with Gasteiger partial charge in [-0.1, -0.05) is 36.9 Å². The third kappa shape index (κ3) is 5.14. The van der Waals surface area contributed by atoms with E-state index >= 15 is 0 Å². The van der Waals surface area contributed by atoms with Crippen molar-refractivity contribution in [2.24, 2.45) is 0 Å². The predicted octanol–water partition coefficient (Wildman–Crippen LogP) is 3.99. The SMILES string of the molecule is C=CCOc1ccc(OCc2ccccc2/C(=C/OC)C(=O)OC)cc1. The van der Waals surface area contributed by atoms with E-state index in [1.54, 1.807) is 6.08 Å². The first kappa shape index (κ1) is 19.1. The molecule has 0 aromatic heterocycles. The lowest BCUT2D eigenvalue weighted by atomic mass is 10.0. The van der Waals surface area contributed by atoms with Gasteiger partial charge in [0.1, 0.15) is 30.3 Å². The molecule has 26 heavy (non-hydrogen) atoms. The number of carbonyl (C=O) groups is 1. The molecule has 0 aliphatic heterocycles. The van der Waals surface area contributed by atoms with E-state index in [0.717, 1.165) is 11.3 Å². The molecule has 0 bridgehead atoms. The van der Waals surface area contributed by atoms with Gasteiger partial charge in [-0.3, -0.25) is 0 Å². The molecule has 0 saturated carbocycles. The molecule has 0 unspecified atom stereocenters. The van der Waals surface area contributed by atoms with E-state index in [-0.39, 0.29) is 0 Å². The van der Waals surface area contributed by atoms with E-state index in [4.69, 9.17) is 18.9 Å². The first-order chi connectivity index (χ1) is 12.7. The van der Waals surface area contributed by atoms with Gasteiger partial charge in [-0.05, 0) is 35.4 Å². The number of rotatable bonds is 9. The third-order valence-corrected chi connectivity index (χ3v) is 3.53.